The number of amides is 3. The van der Waals surface area contributed by atoms with Crippen LogP contribution in [0.15, 0.2) is 59.7 Å². The summed E-state index contributed by atoms with van der Waals surface area (Å²) in [4.78, 5) is 41.2. The second kappa shape index (κ2) is 9.21. The number of aryl methyl sites for hydroxylation is 1. The molecule has 2 aliphatic rings. The Balaban J connectivity index is 1.37. The van der Waals surface area contributed by atoms with Crippen LogP contribution in [0, 0.1) is 6.92 Å². The molecule has 2 heterocycles. The van der Waals surface area contributed by atoms with Gasteiger partial charge in [0.1, 0.15) is 11.8 Å². The lowest BCUT2D eigenvalue weighted by Gasteiger charge is -2.34. The molecule has 4 rings (SSSR count). The van der Waals surface area contributed by atoms with Gasteiger partial charge in [-0.1, -0.05) is 30.3 Å². The van der Waals surface area contributed by atoms with Crippen molar-refractivity contribution in [3.8, 4) is 0 Å². The number of hydrogen-bond donors (Lipinski definition) is 1. The van der Waals surface area contributed by atoms with Crippen LogP contribution in [-0.2, 0) is 9.59 Å². The summed E-state index contributed by atoms with van der Waals surface area (Å²) in [6, 6.07) is 16.4. The normalized spacial score (nSPS) is 18.4. The van der Waals surface area contributed by atoms with E-state index in [9.17, 15) is 14.4 Å². The number of nitrogens with one attached hydrogen (secondary N) is 1. The van der Waals surface area contributed by atoms with Gasteiger partial charge in [-0.15, -0.1) is 0 Å². The monoisotopic (exact) mass is 433 g/mol. The molecule has 166 valence electrons. The summed E-state index contributed by atoms with van der Waals surface area (Å²) in [5, 5.41) is 9.05. The van der Waals surface area contributed by atoms with Gasteiger partial charge in [0.2, 0.25) is 0 Å². The van der Waals surface area contributed by atoms with Gasteiger partial charge in [-0.3, -0.25) is 14.6 Å². The number of nitrogens with zero attached hydrogens (tertiary/aromatic N) is 4. The van der Waals surface area contributed by atoms with Crippen molar-refractivity contribution in [3.63, 3.8) is 0 Å². The molecule has 0 aliphatic carbocycles. The standard InChI is InChI=1S/C24H27N5O3/c1-17-7-6-8-19(15-17)25-24(32)28-13-11-27(12-14-28)23(31)21-16-22(18(2)30)29(26-21)20-9-4-3-5-10-20/h3-10,15,22H,11-14,16H2,1-2H3,(H,25,32). The SMILES string of the molecule is CC(=O)C1CC(C(=O)N2CCN(C(=O)Nc3cccc(C)c3)CC2)=NN1c1ccccc1. The summed E-state index contributed by atoms with van der Waals surface area (Å²) in [5.41, 5.74) is 2.99. The second-order valence-electron chi connectivity index (χ2n) is 8.14. The first-order valence-corrected chi connectivity index (χ1v) is 10.8. The van der Waals surface area contributed by atoms with Crippen molar-refractivity contribution in [2.75, 3.05) is 36.5 Å². The smallest absolute Gasteiger partial charge is 0.321 e. The molecule has 2 aromatic rings. The number of ketones is 1. The number of para-hydroxylation sites is 1. The molecule has 3 amide bonds. The molecule has 1 atom stereocenters. The molecular weight excluding hydrogens is 406 g/mol. The number of hydrogen-bond acceptors (Lipinski definition) is 5. The predicted molar refractivity (Wildman–Crippen MR) is 124 cm³/mol. The molecule has 1 saturated heterocycles. The van der Waals surface area contributed by atoms with E-state index in [0.717, 1.165) is 16.9 Å². The number of Topliss-reactive ketones (excluding diaryl/α,β-unsaturated/α-hetero) is 1. The van der Waals surface area contributed by atoms with Gasteiger partial charge in [0.15, 0.2) is 5.78 Å². The maximum atomic E-state index is 13.1. The van der Waals surface area contributed by atoms with Crippen LogP contribution in [0.2, 0.25) is 0 Å². The van der Waals surface area contributed by atoms with Crippen molar-refractivity contribution in [2.24, 2.45) is 5.10 Å². The van der Waals surface area contributed by atoms with E-state index < -0.39 is 6.04 Å². The number of anilines is 2. The number of rotatable bonds is 4. The number of urea groups is 1. The summed E-state index contributed by atoms with van der Waals surface area (Å²) in [7, 11) is 0. The van der Waals surface area contributed by atoms with E-state index in [2.05, 4.69) is 10.4 Å². The van der Waals surface area contributed by atoms with Crippen molar-refractivity contribution in [1.82, 2.24) is 9.80 Å². The molecule has 0 radical (unpaired) electrons. The first kappa shape index (κ1) is 21.5. The molecule has 0 bridgehead atoms. The highest BCUT2D eigenvalue weighted by molar-refractivity contribution is 6.40. The highest BCUT2D eigenvalue weighted by Crippen LogP contribution is 2.25. The fraction of sp³-hybridized carbons (Fsp3) is 0.333. The Hall–Kier alpha value is -3.68. The van der Waals surface area contributed by atoms with Crippen LogP contribution in [0.5, 0.6) is 0 Å². The van der Waals surface area contributed by atoms with E-state index in [0.29, 0.717) is 31.9 Å². The number of carbonyl (C=O) groups excluding carboxylic acids is 3. The van der Waals surface area contributed by atoms with E-state index in [1.807, 2.05) is 61.5 Å². The number of benzene rings is 2. The number of carbonyl (C=O) groups is 3. The van der Waals surface area contributed by atoms with Gasteiger partial charge >= 0.3 is 6.03 Å². The molecule has 2 aliphatic heterocycles. The van der Waals surface area contributed by atoms with E-state index >= 15 is 0 Å². The second-order valence-corrected chi connectivity index (χ2v) is 8.14. The van der Waals surface area contributed by atoms with Crippen LogP contribution in [0.1, 0.15) is 18.9 Å². The Morgan fingerprint density at radius 3 is 2.28 bits per heavy atom. The van der Waals surface area contributed by atoms with Crippen LogP contribution in [0.3, 0.4) is 0 Å². The minimum absolute atomic E-state index is 0.0296. The third-order valence-corrected chi connectivity index (χ3v) is 5.77. The molecule has 8 nitrogen and oxygen atoms in total. The molecule has 1 N–H and O–H groups in total. The Morgan fingerprint density at radius 1 is 0.938 bits per heavy atom. The Morgan fingerprint density at radius 2 is 1.62 bits per heavy atom. The highest BCUT2D eigenvalue weighted by Gasteiger charge is 2.36. The fourth-order valence-corrected chi connectivity index (χ4v) is 4.00. The third-order valence-electron chi connectivity index (χ3n) is 5.77. The topological polar surface area (TPSA) is 85.3 Å². The molecular formula is C24H27N5O3. The van der Waals surface area contributed by atoms with Crippen LogP contribution in [0.4, 0.5) is 16.2 Å². The summed E-state index contributed by atoms with van der Waals surface area (Å²) in [5.74, 6) is -0.202. The Kier molecular flexibility index (Phi) is 6.20. The van der Waals surface area contributed by atoms with Gasteiger partial charge in [0.05, 0.1) is 5.69 Å². The van der Waals surface area contributed by atoms with Crippen LogP contribution in [-0.4, -0.2) is 65.5 Å². The van der Waals surface area contributed by atoms with Gasteiger partial charge in [-0.25, -0.2) is 4.79 Å². The zero-order chi connectivity index (χ0) is 22.7. The molecule has 0 spiro atoms. The lowest BCUT2D eigenvalue weighted by atomic mass is 10.1. The Bertz CT molecular complexity index is 1040. The van der Waals surface area contributed by atoms with Crippen molar-refractivity contribution >= 4 is 34.8 Å². The molecule has 32 heavy (non-hydrogen) atoms. The van der Waals surface area contributed by atoms with E-state index in [4.69, 9.17) is 0 Å². The maximum absolute atomic E-state index is 13.1. The highest BCUT2D eigenvalue weighted by atomic mass is 16.2. The zero-order valence-electron chi connectivity index (χ0n) is 18.3. The third kappa shape index (κ3) is 4.64. The summed E-state index contributed by atoms with van der Waals surface area (Å²) < 4.78 is 0. The Labute approximate surface area is 187 Å². The quantitative estimate of drug-likeness (QED) is 0.804. The largest absolute Gasteiger partial charge is 0.334 e. The minimum Gasteiger partial charge on any atom is -0.334 e. The fourth-order valence-electron chi connectivity index (χ4n) is 4.00. The van der Waals surface area contributed by atoms with Crippen molar-refractivity contribution in [2.45, 2.75) is 26.3 Å². The van der Waals surface area contributed by atoms with Crippen molar-refractivity contribution < 1.29 is 14.4 Å². The molecule has 1 fully saturated rings. The molecule has 0 saturated carbocycles. The molecule has 0 aromatic heterocycles. The first-order valence-electron chi connectivity index (χ1n) is 10.8. The molecule has 2 aromatic carbocycles. The average molecular weight is 434 g/mol. The van der Waals surface area contributed by atoms with Crippen LogP contribution >= 0.6 is 0 Å². The van der Waals surface area contributed by atoms with Gasteiger partial charge in [-0.2, -0.15) is 5.10 Å². The summed E-state index contributed by atoms with van der Waals surface area (Å²) >= 11 is 0. The van der Waals surface area contributed by atoms with Crippen LogP contribution in [0.25, 0.3) is 0 Å². The zero-order valence-corrected chi connectivity index (χ0v) is 18.3. The lowest BCUT2D eigenvalue weighted by molar-refractivity contribution is -0.125. The molecule has 1 unspecified atom stereocenters. The number of hydrazone groups is 1. The first-order chi connectivity index (χ1) is 15.4. The van der Waals surface area contributed by atoms with Crippen molar-refractivity contribution in [3.05, 3.63) is 60.2 Å². The summed E-state index contributed by atoms with van der Waals surface area (Å²) in [6.45, 7) is 5.23. The average Bonchev–Trinajstić information content (AvgIpc) is 3.25. The van der Waals surface area contributed by atoms with Gasteiger partial charge in [0.25, 0.3) is 5.91 Å². The maximum Gasteiger partial charge on any atom is 0.321 e. The van der Waals surface area contributed by atoms with E-state index in [-0.39, 0.29) is 24.1 Å². The number of piperazine rings is 1. The summed E-state index contributed by atoms with van der Waals surface area (Å²) in [6.07, 6.45) is 0.289. The van der Waals surface area contributed by atoms with E-state index in [1.54, 1.807) is 14.8 Å². The van der Waals surface area contributed by atoms with Crippen molar-refractivity contribution in [1.29, 1.82) is 0 Å². The van der Waals surface area contributed by atoms with E-state index in [1.165, 1.54) is 6.92 Å². The van der Waals surface area contributed by atoms with Gasteiger partial charge in [0, 0.05) is 38.3 Å². The van der Waals surface area contributed by atoms with Gasteiger partial charge < -0.3 is 15.1 Å². The molecule has 8 heteroatoms. The lowest BCUT2D eigenvalue weighted by Crippen LogP contribution is -2.53. The van der Waals surface area contributed by atoms with Gasteiger partial charge in [-0.05, 0) is 43.7 Å². The minimum atomic E-state index is -0.474. The predicted octanol–water partition coefficient (Wildman–Crippen LogP) is 2.90. The van der Waals surface area contributed by atoms with Crippen LogP contribution < -0.4 is 10.3 Å².